The molecule has 2 aromatic carbocycles. The molecule has 4 heteroatoms. The van der Waals surface area contributed by atoms with Gasteiger partial charge in [0.25, 0.3) is 0 Å². The maximum atomic E-state index is 11.0. The van der Waals surface area contributed by atoms with Gasteiger partial charge in [-0.1, -0.05) is 18.2 Å². The van der Waals surface area contributed by atoms with Crippen molar-refractivity contribution in [3.63, 3.8) is 0 Å². The molecule has 0 bridgehead atoms. The van der Waals surface area contributed by atoms with Crippen LogP contribution in [0.1, 0.15) is 21.5 Å². The average molecular weight is 285 g/mol. The molecule has 0 heterocycles. The Bertz CT molecular complexity index is 638. The van der Waals surface area contributed by atoms with E-state index in [4.69, 9.17) is 9.84 Å². The summed E-state index contributed by atoms with van der Waals surface area (Å²) in [6.07, 6.45) is 0.825. The van der Waals surface area contributed by atoms with Crippen LogP contribution in [0.3, 0.4) is 0 Å². The first kappa shape index (κ1) is 15.1. The van der Waals surface area contributed by atoms with Crippen LogP contribution >= 0.6 is 0 Å². The van der Waals surface area contributed by atoms with E-state index in [1.807, 2.05) is 24.3 Å². The van der Waals surface area contributed by atoms with Crippen LogP contribution in [0.2, 0.25) is 0 Å². The van der Waals surface area contributed by atoms with E-state index in [-0.39, 0.29) is 0 Å². The van der Waals surface area contributed by atoms with Crippen molar-refractivity contribution in [1.82, 2.24) is 0 Å². The summed E-state index contributed by atoms with van der Waals surface area (Å²) < 4.78 is 5.12. The van der Waals surface area contributed by atoms with Crippen molar-refractivity contribution >= 4 is 17.3 Å². The monoisotopic (exact) mass is 285 g/mol. The molecule has 0 unspecified atom stereocenters. The lowest BCUT2D eigenvalue weighted by Gasteiger charge is -2.13. The van der Waals surface area contributed by atoms with Gasteiger partial charge in [0, 0.05) is 18.5 Å². The number of carbonyl (C=O) groups is 1. The lowest BCUT2D eigenvalue weighted by Crippen LogP contribution is -2.02. The van der Waals surface area contributed by atoms with Crippen molar-refractivity contribution in [2.75, 3.05) is 19.0 Å². The quantitative estimate of drug-likeness (QED) is 0.851. The second kappa shape index (κ2) is 6.90. The molecule has 2 N–H and O–H groups in total. The molecule has 0 aliphatic heterocycles. The fraction of sp³-hybridized carbons (Fsp3) is 0.235. The van der Waals surface area contributed by atoms with E-state index >= 15 is 0 Å². The standard InChI is InChI=1S/C17H19NO3/c1-12-11-14(7-8-15(12)17(19)20)18-16-6-4-3-5-13(16)9-10-21-2/h3-8,11,18H,9-10H2,1-2H3,(H,19,20). The summed E-state index contributed by atoms with van der Waals surface area (Å²) in [5.74, 6) is -0.903. The van der Waals surface area contributed by atoms with Gasteiger partial charge in [0.1, 0.15) is 0 Å². The second-order valence-electron chi connectivity index (χ2n) is 4.86. The number of para-hydroxylation sites is 1. The average Bonchev–Trinajstić information content (AvgIpc) is 2.46. The lowest BCUT2D eigenvalue weighted by molar-refractivity contribution is 0.0696. The van der Waals surface area contributed by atoms with Gasteiger partial charge >= 0.3 is 5.97 Å². The van der Waals surface area contributed by atoms with Gasteiger partial charge < -0.3 is 15.2 Å². The number of methoxy groups -OCH3 is 1. The summed E-state index contributed by atoms with van der Waals surface area (Å²) >= 11 is 0. The summed E-state index contributed by atoms with van der Waals surface area (Å²) in [6.45, 7) is 2.46. The zero-order valence-electron chi connectivity index (χ0n) is 12.2. The molecule has 0 atom stereocenters. The minimum atomic E-state index is -0.903. The maximum absolute atomic E-state index is 11.0. The molecule has 0 saturated heterocycles. The van der Waals surface area contributed by atoms with E-state index in [1.165, 1.54) is 5.56 Å². The summed E-state index contributed by atoms with van der Waals surface area (Å²) in [4.78, 5) is 11.0. The van der Waals surface area contributed by atoms with Gasteiger partial charge in [0.2, 0.25) is 0 Å². The van der Waals surface area contributed by atoms with Crippen molar-refractivity contribution in [2.24, 2.45) is 0 Å². The molecule has 0 fully saturated rings. The predicted octanol–water partition coefficient (Wildman–Crippen LogP) is 3.63. The Morgan fingerprint density at radius 1 is 1.24 bits per heavy atom. The highest BCUT2D eigenvalue weighted by atomic mass is 16.5. The Hall–Kier alpha value is -2.33. The topological polar surface area (TPSA) is 58.6 Å². The third-order valence-corrected chi connectivity index (χ3v) is 3.33. The first-order chi connectivity index (χ1) is 10.1. The fourth-order valence-electron chi connectivity index (χ4n) is 2.21. The fourth-order valence-corrected chi connectivity index (χ4v) is 2.21. The summed E-state index contributed by atoms with van der Waals surface area (Å²) in [5, 5.41) is 12.4. The van der Waals surface area contributed by atoms with Gasteiger partial charge in [-0.15, -0.1) is 0 Å². The molecule has 2 aromatic rings. The van der Waals surface area contributed by atoms with Crippen molar-refractivity contribution in [1.29, 1.82) is 0 Å². The molecule has 4 nitrogen and oxygen atoms in total. The number of carboxylic acid groups (broad SMARTS) is 1. The molecule has 2 rings (SSSR count). The van der Waals surface area contributed by atoms with Gasteiger partial charge in [-0.25, -0.2) is 4.79 Å². The summed E-state index contributed by atoms with van der Waals surface area (Å²) in [5.41, 5.74) is 4.12. The molecule has 0 amide bonds. The van der Waals surface area contributed by atoms with Crippen molar-refractivity contribution in [3.8, 4) is 0 Å². The molecule has 21 heavy (non-hydrogen) atoms. The van der Waals surface area contributed by atoms with Gasteiger partial charge in [0.15, 0.2) is 0 Å². The number of carboxylic acids is 1. The Morgan fingerprint density at radius 3 is 2.67 bits per heavy atom. The van der Waals surface area contributed by atoms with Gasteiger partial charge in [0.05, 0.1) is 12.2 Å². The molecule has 0 spiro atoms. The largest absolute Gasteiger partial charge is 0.478 e. The van der Waals surface area contributed by atoms with Crippen molar-refractivity contribution < 1.29 is 14.6 Å². The Morgan fingerprint density at radius 2 is 2.00 bits per heavy atom. The first-order valence-corrected chi connectivity index (χ1v) is 6.79. The van der Waals surface area contributed by atoms with Crippen LogP contribution in [-0.4, -0.2) is 24.8 Å². The maximum Gasteiger partial charge on any atom is 0.335 e. The van der Waals surface area contributed by atoms with Gasteiger partial charge in [-0.3, -0.25) is 0 Å². The zero-order valence-corrected chi connectivity index (χ0v) is 12.2. The van der Waals surface area contributed by atoms with Crippen LogP contribution in [-0.2, 0) is 11.2 Å². The van der Waals surface area contributed by atoms with Crippen LogP contribution in [0.5, 0.6) is 0 Å². The molecule has 0 aliphatic carbocycles. The number of nitrogens with one attached hydrogen (secondary N) is 1. The Labute approximate surface area is 124 Å². The normalized spacial score (nSPS) is 10.4. The van der Waals surface area contributed by atoms with Gasteiger partial charge in [-0.05, 0) is 48.7 Å². The smallest absolute Gasteiger partial charge is 0.335 e. The second-order valence-corrected chi connectivity index (χ2v) is 4.86. The van der Waals surface area contributed by atoms with E-state index in [1.54, 1.807) is 26.2 Å². The third kappa shape index (κ3) is 3.83. The minimum absolute atomic E-state index is 0.327. The number of hydrogen-bond donors (Lipinski definition) is 2. The summed E-state index contributed by atoms with van der Waals surface area (Å²) in [7, 11) is 1.68. The minimum Gasteiger partial charge on any atom is -0.478 e. The van der Waals surface area contributed by atoms with Crippen LogP contribution in [0, 0.1) is 6.92 Å². The highest BCUT2D eigenvalue weighted by Gasteiger charge is 2.08. The van der Waals surface area contributed by atoms with Crippen LogP contribution in [0.15, 0.2) is 42.5 Å². The predicted molar refractivity (Wildman–Crippen MR) is 83.4 cm³/mol. The highest BCUT2D eigenvalue weighted by Crippen LogP contribution is 2.23. The van der Waals surface area contributed by atoms with Gasteiger partial charge in [-0.2, -0.15) is 0 Å². The molecule has 0 aliphatic rings. The molecular weight excluding hydrogens is 266 g/mol. The number of ether oxygens (including phenoxy) is 1. The van der Waals surface area contributed by atoms with Crippen LogP contribution < -0.4 is 5.32 Å². The van der Waals surface area contributed by atoms with E-state index < -0.39 is 5.97 Å². The number of anilines is 2. The van der Waals surface area contributed by atoms with Crippen LogP contribution in [0.4, 0.5) is 11.4 Å². The molecule has 0 aromatic heterocycles. The number of aryl methyl sites for hydroxylation is 1. The van der Waals surface area contributed by atoms with E-state index in [2.05, 4.69) is 11.4 Å². The van der Waals surface area contributed by atoms with Crippen molar-refractivity contribution in [3.05, 3.63) is 59.2 Å². The number of benzene rings is 2. The van der Waals surface area contributed by atoms with E-state index in [0.29, 0.717) is 12.2 Å². The summed E-state index contributed by atoms with van der Waals surface area (Å²) in [6, 6.07) is 13.3. The number of rotatable bonds is 6. The van der Waals surface area contributed by atoms with E-state index in [0.717, 1.165) is 23.4 Å². The van der Waals surface area contributed by atoms with Crippen molar-refractivity contribution in [2.45, 2.75) is 13.3 Å². The molecule has 0 radical (unpaired) electrons. The number of aromatic carboxylic acids is 1. The SMILES string of the molecule is COCCc1ccccc1Nc1ccc(C(=O)O)c(C)c1. The first-order valence-electron chi connectivity index (χ1n) is 6.79. The zero-order chi connectivity index (χ0) is 15.2. The Balaban J connectivity index is 2.22. The van der Waals surface area contributed by atoms with Crippen LogP contribution in [0.25, 0.3) is 0 Å². The lowest BCUT2D eigenvalue weighted by atomic mass is 10.1. The molecule has 110 valence electrons. The number of hydrogen-bond acceptors (Lipinski definition) is 3. The molecule has 0 saturated carbocycles. The third-order valence-electron chi connectivity index (χ3n) is 3.33. The Kier molecular flexibility index (Phi) is 4.95. The molecular formula is C17H19NO3. The van der Waals surface area contributed by atoms with E-state index in [9.17, 15) is 4.79 Å². The highest BCUT2D eigenvalue weighted by molar-refractivity contribution is 5.90.